The first kappa shape index (κ1) is 22.7. The summed E-state index contributed by atoms with van der Waals surface area (Å²) in [5, 5.41) is 11.8. The van der Waals surface area contributed by atoms with Crippen LogP contribution >= 0.6 is 0 Å². The number of nitrogens with zero attached hydrogens (tertiary/aromatic N) is 1. The molecule has 2 aliphatic rings. The third kappa shape index (κ3) is 4.51. The highest BCUT2D eigenvalue weighted by Crippen LogP contribution is 2.44. The maximum Gasteiger partial charge on any atom is 0.411 e. The fourth-order valence-electron chi connectivity index (χ4n) is 5.13. The molecule has 1 saturated heterocycles. The lowest BCUT2D eigenvalue weighted by molar-refractivity contribution is -0.138. The molecule has 3 aromatic rings. The molecule has 1 unspecified atom stereocenters. The van der Waals surface area contributed by atoms with Crippen LogP contribution in [0.1, 0.15) is 53.3 Å². The standard InChI is InChI=1S/C27H26N2O6/c30-24(31)15-17-7-5-6-13-29(17)26(32)25-23(12-14-34-25)28-27(33)35-16-22-20-10-3-1-8-18(20)19-9-2-4-11-21(19)22/h1-4,8-12,14,17,22H,5-7,13,15-16H2,(H,28,33)(H,30,31). The molecule has 1 aromatic heterocycles. The van der Waals surface area contributed by atoms with E-state index >= 15 is 0 Å². The van der Waals surface area contributed by atoms with Crippen molar-refractivity contribution in [1.82, 2.24) is 4.90 Å². The molecular weight excluding hydrogens is 448 g/mol. The molecule has 0 radical (unpaired) electrons. The van der Waals surface area contributed by atoms with Crippen molar-refractivity contribution in [2.24, 2.45) is 0 Å². The normalized spacial score (nSPS) is 16.9. The van der Waals surface area contributed by atoms with Crippen molar-refractivity contribution in [2.45, 2.75) is 37.6 Å². The minimum atomic E-state index is -0.953. The van der Waals surface area contributed by atoms with Gasteiger partial charge >= 0.3 is 12.1 Å². The number of fused-ring (bicyclic) bond motifs is 3. The van der Waals surface area contributed by atoms with Gasteiger partial charge in [0.1, 0.15) is 6.61 Å². The number of hydrogen-bond donors (Lipinski definition) is 2. The van der Waals surface area contributed by atoms with Crippen LogP contribution in [0.3, 0.4) is 0 Å². The molecule has 8 nitrogen and oxygen atoms in total. The predicted octanol–water partition coefficient (Wildman–Crippen LogP) is 5.11. The molecule has 0 spiro atoms. The van der Waals surface area contributed by atoms with E-state index in [1.54, 1.807) is 0 Å². The third-order valence-electron chi connectivity index (χ3n) is 6.74. The molecule has 8 heteroatoms. The molecule has 1 fully saturated rings. The second-order valence-electron chi connectivity index (χ2n) is 8.86. The average molecular weight is 475 g/mol. The van der Waals surface area contributed by atoms with Crippen LogP contribution in [0.15, 0.2) is 65.3 Å². The van der Waals surface area contributed by atoms with Crippen LogP contribution in [0.2, 0.25) is 0 Å². The topological polar surface area (TPSA) is 109 Å². The second kappa shape index (κ2) is 9.66. The summed E-state index contributed by atoms with van der Waals surface area (Å²) in [7, 11) is 0. The van der Waals surface area contributed by atoms with Crippen LogP contribution in [0.25, 0.3) is 11.1 Å². The Morgan fingerprint density at radius 3 is 2.37 bits per heavy atom. The van der Waals surface area contributed by atoms with Crippen molar-refractivity contribution >= 4 is 23.7 Å². The van der Waals surface area contributed by atoms with Gasteiger partial charge in [-0.2, -0.15) is 0 Å². The van der Waals surface area contributed by atoms with Crippen molar-refractivity contribution in [2.75, 3.05) is 18.5 Å². The third-order valence-corrected chi connectivity index (χ3v) is 6.74. The Hall–Kier alpha value is -4.07. The summed E-state index contributed by atoms with van der Waals surface area (Å²) in [5.41, 5.74) is 4.69. The number of likely N-dealkylation sites (tertiary alicyclic amines) is 1. The van der Waals surface area contributed by atoms with Crippen LogP contribution in [-0.4, -0.2) is 47.2 Å². The SMILES string of the molecule is O=C(O)CC1CCCCN1C(=O)c1occc1NC(=O)OCC1c2ccccc2-c2ccccc21. The summed E-state index contributed by atoms with van der Waals surface area (Å²) in [6.45, 7) is 0.593. The lowest BCUT2D eigenvalue weighted by Crippen LogP contribution is -2.44. The van der Waals surface area contributed by atoms with Gasteiger partial charge in [-0.25, -0.2) is 4.79 Å². The van der Waals surface area contributed by atoms with Crippen molar-refractivity contribution < 1.29 is 28.6 Å². The lowest BCUT2D eigenvalue weighted by Gasteiger charge is -2.34. The number of furan rings is 1. The zero-order chi connectivity index (χ0) is 24.4. The minimum Gasteiger partial charge on any atom is -0.481 e. The monoisotopic (exact) mass is 474 g/mol. The number of carbonyl (C=O) groups is 3. The summed E-state index contributed by atoms with van der Waals surface area (Å²) in [5.74, 6) is -1.50. The van der Waals surface area contributed by atoms with Gasteiger partial charge in [0.05, 0.1) is 18.4 Å². The predicted molar refractivity (Wildman–Crippen MR) is 128 cm³/mol. The number of aliphatic carboxylic acids is 1. The number of carboxylic acids is 1. The molecule has 35 heavy (non-hydrogen) atoms. The van der Waals surface area contributed by atoms with E-state index in [4.69, 9.17) is 9.15 Å². The first-order valence-electron chi connectivity index (χ1n) is 11.7. The van der Waals surface area contributed by atoms with Crippen LogP contribution in [0.4, 0.5) is 10.5 Å². The van der Waals surface area contributed by atoms with E-state index in [1.165, 1.54) is 17.2 Å². The number of benzene rings is 2. The number of nitrogens with one attached hydrogen (secondary N) is 1. The second-order valence-corrected chi connectivity index (χ2v) is 8.86. The van der Waals surface area contributed by atoms with Crippen molar-refractivity contribution in [3.05, 3.63) is 77.7 Å². The maximum atomic E-state index is 13.1. The molecule has 180 valence electrons. The van der Waals surface area contributed by atoms with E-state index in [1.807, 2.05) is 36.4 Å². The Bertz CT molecular complexity index is 1220. The molecule has 1 atom stereocenters. The van der Waals surface area contributed by atoms with Gasteiger partial charge in [0.2, 0.25) is 5.76 Å². The number of hydrogen-bond acceptors (Lipinski definition) is 5. The number of anilines is 1. The zero-order valence-corrected chi connectivity index (χ0v) is 19.1. The van der Waals surface area contributed by atoms with E-state index in [0.717, 1.165) is 35.1 Å². The highest BCUT2D eigenvalue weighted by atomic mass is 16.5. The molecule has 2 N–H and O–H groups in total. The highest BCUT2D eigenvalue weighted by Gasteiger charge is 2.33. The summed E-state index contributed by atoms with van der Waals surface area (Å²) in [6, 6.07) is 17.2. The molecule has 1 aliphatic heterocycles. The first-order chi connectivity index (χ1) is 17.0. The molecule has 0 bridgehead atoms. The van der Waals surface area contributed by atoms with Crippen LogP contribution < -0.4 is 5.32 Å². The summed E-state index contributed by atoms with van der Waals surface area (Å²) in [4.78, 5) is 38.6. The molecule has 2 amide bonds. The molecular formula is C27H26N2O6. The van der Waals surface area contributed by atoms with Crippen LogP contribution in [-0.2, 0) is 9.53 Å². The van der Waals surface area contributed by atoms with Gasteiger partial charge in [-0.3, -0.25) is 14.9 Å². The Balaban J connectivity index is 1.26. The Kier molecular flexibility index (Phi) is 6.27. The van der Waals surface area contributed by atoms with Crippen molar-refractivity contribution in [3.63, 3.8) is 0 Å². The lowest BCUT2D eigenvalue weighted by atomic mass is 9.98. The number of amides is 2. The minimum absolute atomic E-state index is 0.0317. The molecule has 1 aliphatic carbocycles. The average Bonchev–Trinajstić information content (AvgIpc) is 3.45. The van der Waals surface area contributed by atoms with Gasteiger partial charge in [-0.1, -0.05) is 48.5 Å². The number of piperidine rings is 1. The van der Waals surface area contributed by atoms with E-state index in [-0.39, 0.29) is 30.4 Å². The quantitative estimate of drug-likeness (QED) is 0.514. The van der Waals surface area contributed by atoms with E-state index in [9.17, 15) is 19.5 Å². The van der Waals surface area contributed by atoms with E-state index in [2.05, 4.69) is 17.4 Å². The highest BCUT2D eigenvalue weighted by molar-refractivity contribution is 6.00. The van der Waals surface area contributed by atoms with E-state index < -0.39 is 24.0 Å². The fraction of sp³-hybridized carbons (Fsp3) is 0.296. The van der Waals surface area contributed by atoms with Crippen LogP contribution in [0.5, 0.6) is 0 Å². The van der Waals surface area contributed by atoms with Crippen molar-refractivity contribution in [1.29, 1.82) is 0 Å². The summed E-state index contributed by atoms with van der Waals surface area (Å²) in [6.07, 6.45) is 2.78. The Labute approximate surface area is 202 Å². The van der Waals surface area contributed by atoms with Gasteiger partial charge < -0.3 is 19.2 Å². The van der Waals surface area contributed by atoms with Crippen molar-refractivity contribution in [3.8, 4) is 11.1 Å². The maximum absolute atomic E-state index is 13.1. The largest absolute Gasteiger partial charge is 0.481 e. The van der Waals surface area contributed by atoms with Gasteiger partial charge in [0.15, 0.2) is 0 Å². The van der Waals surface area contributed by atoms with E-state index in [0.29, 0.717) is 13.0 Å². The van der Waals surface area contributed by atoms with Gasteiger partial charge in [-0.05, 0) is 41.5 Å². The number of carboxylic acid groups (broad SMARTS) is 1. The Morgan fingerprint density at radius 2 is 1.69 bits per heavy atom. The molecule has 5 rings (SSSR count). The number of ether oxygens (including phenoxy) is 1. The smallest absolute Gasteiger partial charge is 0.411 e. The zero-order valence-electron chi connectivity index (χ0n) is 19.1. The molecule has 2 aromatic carbocycles. The molecule has 0 saturated carbocycles. The fourth-order valence-corrected chi connectivity index (χ4v) is 5.13. The first-order valence-corrected chi connectivity index (χ1v) is 11.7. The van der Waals surface area contributed by atoms with Gasteiger partial charge in [-0.15, -0.1) is 0 Å². The van der Waals surface area contributed by atoms with Crippen LogP contribution in [0, 0.1) is 0 Å². The summed E-state index contributed by atoms with van der Waals surface area (Å²) >= 11 is 0. The number of rotatable bonds is 6. The Morgan fingerprint density at radius 1 is 1.00 bits per heavy atom. The van der Waals surface area contributed by atoms with Gasteiger partial charge in [0.25, 0.3) is 5.91 Å². The molecule has 2 heterocycles. The number of carbonyl (C=O) groups excluding carboxylic acids is 2. The summed E-state index contributed by atoms with van der Waals surface area (Å²) < 4.78 is 11.0. The van der Waals surface area contributed by atoms with Gasteiger partial charge in [0, 0.05) is 24.6 Å².